The van der Waals surface area contributed by atoms with E-state index in [1.807, 2.05) is 20.8 Å². The molecule has 0 bridgehead atoms. The fourth-order valence-corrected chi connectivity index (χ4v) is 1.06. The summed E-state index contributed by atoms with van der Waals surface area (Å²) in [5.74, 6) is -0.501. The third-order valence-electron chi connectivity index (χ3n) is 1.52. The Labute approximate surface area is 108 Å². The first-order chi connectivity index (χ1) is 7.89. The van der Waals surface area contributed by atoms with E-state index < -0.39 is 29.4 Å². The molecule has 0 saturated heterocycles. The van der Waals surface area contributed by atoms with E-state index in [1.54, 1.807) is 20.8 Å². The Bertz CT molecular complexity index is 272. The molecule has 0 saturated carbocycles. The third-order valence-corrected chi connectivity index (χ3v) is 1.52. The van der Waals surface area contributed by atoms with Crippen molar-refractivity contribution in [3.8, 4) is 0 Å². The van der Waals surface area contributed by atoms with Crippen molar-refractivity contribution < 1.29 is 19.1 Å². The molecule has 0 aromatic carbocycles. The highest BCUT2D eigenvalue weighted by Gasteiger charge is 2.22. The van der Waals surface area contributed by atoms with Crippen LogP contribution in [0.5, 0.6) is 0 Å². The second-order valence-corrected chi connectivity index (χ2v) is 6.11. The Morgan fingerprint density at radius 1 is 1.17 bits per heavy atom. The Hall–Kier alpha value is -1.30. The monoisotopic (exact) mass is 260 g/mol. The first kappa shape index (κ1) is 16.7. The predicted molar refractivity (Wildman–Crippen MR) is 67.8 cm³/mol. The molecule has 3 N–H and O–H groups in total. The summed E-state index contributed by atoms with van der Waals surface area (Å²) < 4.78 is 9.90. The average Bonchev–Trinajstić information content (AvgIpc) is 1.92. The van der Waals surface area contributed by atoms with Gasteiger partial charge in [-0.2, -0.15) is 0 Å². The summed E-state index contributed by atoms with van der Waals surface area (Å²) >= 11 is 0. The van der Waals surface area contributed by atoms with Crippen molar-refractivity contribution in [1.82, 2.24) is 5.32 Å². The summed E-state index contributed by atoms with van der Waals surface area (Å²) in [6.45, 7) is 10.7. The minimum absolute atomic E-state index is 0.172. The quantitative estimate of drug-likeness (QED) is 0.593. The van der Waals surface area contributed by atoms with Crippen molar-refractivity contribution in [3.63, 3.8) is 0 Å². The molecule has 1 amide bonds. The summed E-state index contributed by atoms with van der Waals surface area (Å²) in [5.41, 5.74) is 4.54. The minimum atomic E-state index is -1.01. The molecule has 106 valence electrons. The van der Waals surface area contributed by atoms with Gasteiger partial charge in [-0.1, -0.05) is 0 Å². The van der Waals surface area contributed by atoms with E-state index in [4.69, 9.17) is 15.2 Å². The molecule has 0 aliphatic heterocycles. The number of hydrogen-bond acceptors (Lipinski definition) is 5. The summed E-state index contributed by atoms with van der Waals surface area (Å²) in [6, 6.07) is 0. The lowest BCUT2D eigenvalue weighted by Crippen LogP contribution is -2.44. The zero-order valence-electron chi connectivity index (χ0n) is 12.0. The Morgan fingerprint density at radius 2 is 1.67 bits per heavy atom. The van der Waals surface area contributed by atoms with Crippen LogP contribution >= 0.6 is 0 Å². The summed E-state index contributed by atoms with van der Waals surface area (Å²) in [4.78, 5) is 22.8. The van der Waals surface area contributed by atoms with Gasteiger partial charge in [0.25, 0.3) is 0 Å². The summed E-state index contributed by atoms with van der Waals surface area (Å²) in [5, 5.41) is 2.58. The molecule has 0 rings (SSSR count). The second-order valence-electron chi connectivity index (χ2n) is 6.11. The smallest absolute Gasteiger partial charge is 0.409 e. The lowest BCUT2D eigenvalue weighted by Gasteiger charge is -2.23. The number of carbonyl (C=O) groups excluding carboxylic acids is 2. The summed E-state index contributed by atoms with van der Waals surface area (Å²) in [6.07, 6.45) is -1.84. The van der Waals surface area contributed by atoms with Crippen LogP contribution < -0.4 is 11.1 Å². The summed E-state index contributed by atoms with van der Waals surface area (Å²) in [7, 11) is 0. The number of alkyl carbamates (subject to hydrolysis) is 1. The maximum Gasteiger partial charge on any atom is 0.409 e. The van der Waals surface area contributed by atoms with Gasteiger partial charge >= 0.3 is 12.1 Å². The molecule has 1 atom stereocenters. The van der Waals surface area contributed by atoms with Gasteiger partial charge in [0, 0.05) is 5.54 Å². The van der Waals surface area contributed by atoms with Crippen LogP contribution in [0.15, 0.2) is 0 Å². The van der Waals surface area contributed by atoms with Crippen molar-refractivity contribution in [2.24, 2.45) is 5.73 Å². The van der Waals surface area contributed by atoms with Crippen LogP contribution in [0, 0.1) is 0 Å². The van der Waals surface area contributed by atoms with Crippen LogP contribution in [0.1, 0.15) is 48.0 Å². The van der Waals surface area contributed by atoms with Crippen LogP contribution in [-0.4, -0.2) is 29.4 Å². The number of rotatable bonds is 3. The average molecular weight is 260 g/mol. The number of nitrogens with one attached hydrogen (secondary N) is 1. The molecule has 0 spiro atoms. The van der Waals surface area contributed by atoms with Crippen molar-refractivity contribution in [2.75, 3.05) is 0 Å². The molecule has 18 heavy (non-hydrogen) atoms. The Morgan fingerprint density at radius 3 is 2.06 bits per heavy atom. The molecule has 0 fully saturated rings. The molecule has 1 unspecified atom stereocenters. The van der Waals surface area contributed by atoms with Crippen molar-refractivity contribution in [1.29, 1.82) is 0 Å². The number of carbonyl (C=O) groups is 2. The van der Waals surface area contributed by atoms with Gasteiger partial charge in [0.05, 0.1) is 6.42 Å². The van der Waals surface area contributed by atoms with E-state index in [0.29, 0.717) is 0 Å². The standard InChI is InChI=1S/C12H24N2O4/c1-11(2,3)14-10(16)17-8(13)7-9(15)18-12(4,5)6/h8H,7,13H2,1-6H3,(H,14,16). The molecule has 0 aliphatic rings. The lowest BCUT2D eigenvalue weighted by atomic mass is 10.1. The Kier molecular flexibility index (Phi) is 5.60. The van der Waals surface area contributed by atoms with E-state index in [1.165, 1.54) is 0 Å². The van der Waals surface area contributed by atoms with E-state index in [0.717, 1.165) is 0 Å². The third kappa shape index (κ3) is 9.89. The maximum atomic E-state index is 11.4. The molecule has 0 heterocycles. The van der Waals surface area contributed by atoms with Gasteiger partial charge in [-0.15, -0.1) is 0 Å². The van der Waals surface area contributed by atoms with Gasteiger partial charge in [0.2, 0.25) is 0 Å². The predicted octanol–water partition coefficient (Wildman–Crippen LogP) is 1.53. The van der Waals surface area contributed by atoms with Crippen molar-refractivity contribution in [2.45, 2.75) is 65.3 Å². The van der Waals surface area contributed by atoms with Crippen LogP contribution in [-0.2, 0) is 14.3 Å². The number of hydrogen-bond donors (Lipinski definition) is 2. The van der Waals surface area contributed by atoms with E-state index in [9.17, 15) is 9.59 Å². The van der Waals surface area contributed by atoms with E-state index in [-0.39, 0.29) is 6.42 Å². The van der Waals surface area contributed by atoms with E-state index >= 15 is 0 Å². The molecule has 6 nitrogen and oxygen atoms in total. The number of esters is 1. The SMILES string of the molecule is CC(C)(C)NC(=O)OC(N)CC(=O)OC(C)(C)C. The highest BCUT2D eigenvalue weighted by Crippen LogP contribution is 2.09. The van der Waals surface area contributed by atoms with Gasteiger partial charge in [-0.05, 0) is 41.5 Å². The fourth-order valence-electron chi connectivity index (χ4n) is 1.06. The van der Waals surface area contributed by atoms with Crippen LogP contribution in [0.25, 0.3) is 0 Å². The Balaban J connectivity index is 4.08. The highest BCUT2D eigenvalue weighted by atomic mass is 16.6. The molecule has 6 heteroatoms. The van der Waals surface area contributed by atoms with Crippen LogP contribution in [0.3, 0.4) is 0 Å². The number of nitrogens with two attached hydrogens (primary N) is 1. The fraction of sp³-hybridized carbons (Fsp3) is 0.833. The second kappa shape index (κ2) is 6.04. The van der Waals surface area contributed by atoms with Crippen molar-refractivity contribution >= 4 is 12.1 Å². The largest absolute Gasteiger partial charge is 0.460 e. The van der Waals surface area contributed by atoms with Crippen molar-refractivity contribution in [3.05, 3.63) is 0 Å². The zero-order valence-corrected chi connectivity index (χ0v) is 12.0. The molecule has 0 aromatic heterocycles. The maximum absolute atomic E-state index is 11.4. The number of ether oxygens (including phenoxy) is 2. The van der Waals surface area contributed by atoms with Gasteiger partial charge in [-0.25, -0.2) is 4.79 Å². The highest BCUT2D eigenvalue weighted by molar-refractivity contribution is 5.72. The molecule has 0 radical (unpaired) electrons. The molecular formula is C12H24N2O4. The molecular weight excluding hydrogens is 236 g/mol. The molecule has 0 aromatic rings. The van der Waals surface area contributed by atoms with Gasteiger partial charge in [-0.3, -0.25) is 10.5 Å². The first-order valence-electron chi connectivity index (χ1n) is 5.85. The van der Waals surface area contributed by atoms with Gasteiger partial charge in [0.15, 0.2) is 6.23 Å². The van der Waals surface area contributed by atoms with Gasteiger partial charge < -0.3 is 14.8 Å². The van der Waals surface area contributed by atoms with E-state index in [2.05, 4.69) is 5.32 Å². The van der Waals surface area contributed by atoms with Gasteiger partial charge in [0.1, 0.15) is 5.60 Å². The molecule has 0 aliphatic carbocycles. The lowest BCUT2D eigenvalue weighted by molar-refractivity contribution is -0.156. The van der Waals surface area contributed by atoms with Crippen LogP contribution in [0.4, 0.5) is 4.79 Å². The number of amides is 1. The minimum Gasteiger partial charge on any atom is -0.460 e. The zero-order chi connectivity index (χ0) is 14.6. The normalized spacial score (nSPS) is 13.7. The first-order valence-corrected chi connectivity index (χ1v) is 5.85. The van der Waals surface area contributed by atoms with Crippen LogP contribution in [0.2, 0.25) is 0 Å². The topological polar surface area (TPSA) is 90.6 Å².